The molecule has 1 saturated heterocycles. The minimum atomic E-state index is -0.354. The molecule has 0 radical (unpaired) electrons. The van der Waals surface area contributed by atoms with Crippen LogP contribution in [0.5, 0.6) is 0 Å². The Kier molecular flexibility index (Phi) is 5.80. The van der Waals surface area contributed by atoms with Gasteiger partial charge in [-0.15, -0.1) is 0 Å². The second-order valence-electron chi connectivity index (χ2n) is 7.22. The van der Waals surface area contributed by atoms with Gasteiger partial charge in [0, 0.05) is 24.3 Å². The van der Waals surface area contributed by atoms with Gasteiger partial charge in [0.05, 0.1) is 4.47 Å². The molecule has 1 atom stereocenters. The van der Waals surface area contributed by atoms with E-state index in [1.165, 1.54) is 12.5 Å². The molecule has 2 aromatic heterocycles. The number of hydrogen-bond donors (Lipinski definition) is 0. The molecule has 0 N–H and O–H groups in total. The molecule has 1 fully saturated rings. The predicted molar refractivity (Wildman–Crippen MR) is 110 cm³/mol. The Morgan fingerprint density at radius 2 is 2.21 bits per heavy atom. The number of aromatic nitrogens is 3. The largest absolute Gasteiger partial charge is 0.338 e. The molecule has 3 aromatic rings. The standard InChI is InChI=1S/C21H22BrFN4O2/c1-2-15-6-3-4-11-27(15)19(28)13-26-10-5-7-18(26)21-24-20(25-29-21)14-8-9-17(23)16(22)12-14/h5,7-10,12,15H,2-4,6,11,13H2,1H3/t15-/m0/s1. The third-order valence-electron chi connectivity index (χ3n) is 5.38. The van der Waals surface area contributed by atoms with Gasteiger partial charge in [-0.05, 0) is 71.9 Å². The summed E-state index contributed by atoms with van der Waals surface area (Å²) in [7, 11) is 0. The molecule has 4 rings (SSSR count). The molecule has 0 aliphatic carbocycles. The van der Waals surface area contributed by atoms with E-state index in [0.717, 1.165) is 25.8 Å². The second kappa shape index (κ2) is 8.49. The monoisotopic (exact) mass is 460 g/mol. The van der Waals surface area contributed by atoms with Crippen molar-refractivity contribution in [2.75, 3.05) is 6.54 Å². The zero-order chi connectivity index (χ0) is 20.4. The van der Waals surface area contributed by atoms with E-state index in [1.54, 1.807) is 12.1 Å². The van der Waals surface area contributed by atoms with Crippen molar-refractivity contribution < 1.29 is 13.7 Å². The number of piperidine rings is 1. The van der Waals surface area contributed by atoms with Crippen molar-refractivity contribution in [2.45, 2.75) is 45.2 Å². The van der Waals surface area contributed by atoms with Gasteiger partial charge in [-0.1, -0.05) is 12.1 Å². The topological polar surface area (TPSA) is 64.2 Å². The Balaban J connectivity index is 1.54. The first kappa shape index (κ1) is 19.8. The van der Waals surface area contributed by atoms with Gasteiger partial charge in [0.2, 0.25) is 11.7 Å². The van der Waals surface area contributed by atoms with Crippen molar-refractivity contribution >= 4 is 21.8 Å². The maximum atomic E-state index is 13.5. The lowest BCUT2D eigenvalue weighted by Crippen LogP contribution is -2.44. The first-order valence-corrected chi connectivity index (χ1v) is 10.6. The number of hydrogen-bond acceptors (Lipinski definition) is 4. The summed E-state index contributed by atoms with van der Waals surface area (Å²) < 4.78 is 21.1. The average molecular weight is 461 g/mol. The van der Waals surface area contributed by atoms with Crippen LogP contribution in [0.1, 0.15) is 32.6 Å². The lowest BCUT2D eigenvalue weighted by molar-refractivity contribution is -0.135. The highest BCUT2D eigenvalue weighted by molar-refractivity contribution is 9.10. The third kappa shape index (κ3) is 4.12. The van der Waals surface area contributed by atoms with E-state index in [9.17, 15) is 9.18 Å². The second-order valence-corrected chi connectivity index (χ2v) is 8.07. The summed E-state index contributed by atoms with van der Waals surface area (Å²) in [5.41, 5.74) is 1.32. The van der Waals surface area contributed by atoms with E-state index < -0.39 is 0 Å². The number of nitrogens with zero attached hydrogens (tertiary/aromatic N) is 4. The van der Waals surface area contributed by atoms with Crippen LogP contribution in [0.15, 0.2) is 45.5 Å². The molecule has 6 nitrogen and oxygen atoms in total. The number of likely N-dealkylation sites (tertiary alicyclic amines) is 1. The Bertz CT molecular complexity index is 1020. The van der Waals surface area contributed by atoms with E-state index >= 15 is 0 Å². The Hall–Kier alpha value is -2.48. The summed E-state index contributed by atoms with van der Waals surface area (Å²) >= 11 is 3.17. The van der Waals surface area contributed by atoms with Crippen LogP contribution < -0.4 is 0 Å². The molecule has 0 spiro atoms. The molecule has 8 heteroatoms. The molecular weight excluding hydrogens is 439 g/mol. The van der Waals surface area contributed by atoms with Crippen molar-refractivity contribution in [3.63, 3.8) is 0 Å². The molecule has 152 valence electrons. The molecule has 3 heterocycles. The van der Waals surface area contributed by atoms with Gasteiger partial charge in [0.25, 0.3) is 5.89 Å². The lowest BCUT2D eigenvalue weighted by Gasteiger charge is -2.35. The molecule has 0 saturated carbocycles. The first-order valence-electron chi connectivity index (χ1n) is 9.81. The zero-order valence-corrected chi connectivity index (χ0v) is 17.7. The SMILES string of the molecule is CC[C@H]1CCCCN1C(=O)Cn1cccc1-c1nc(-c2ccc(F)c(Br)c2)no1. The maximum Gasteiger partial charge on any atom is 0.274 e. The molecule has 0 unspecified atom stereocenters. The molecule has 1 aliphatic heterocycles. The minimum Gasteiger partial charge on any atom is -0.338 e. The van der Waals surface area contributed by atoms with Gasteiger partial charge < -0.3 is 14.0 Å². The highest BCUT2D eigenvalue weighted by atomic mass is 79.9. The number of carbonyl (C=O) groups is 1. The highest BCUT2D eigenvalue weighted by Gasteiger charge is 2.26. The highest BCUT2D eigenvalue weighted by Crippen LogP contribution is 2.27. The average Bonchev–Trinajstić information content (AvgIpc) is 3.39. The number of halogens is 2. The van der Waals surface area contributed by atoms with E-state index in [0.29, 0.717) is 33.5 Å². The molecule has 29 heavy (non-hydrogen) atoms. The summed E-state index contributed by atoms with van der Waals surface area (Å²) in [6.07, 6.45) is 6.13. The van der Waals surface area contributed by atoms with Gasteiger partial charge in [0.1, 0.15) is 18.1 Å². The van der Waals surface area contributed by atoms with Crippen LogP contribution in [0.25, 0.3) is 23.0 Å². The molecule has 0 bridgehead atoms. The molecule has 1 amide bonds. The maximum absolute atomic E-state index is 13.5. The predicted octanol–water partition coefficient (Wildman–Crippen LogP) is 4.90. The number of carbonyl (C=O) groups excluding carboxylic acids is 1. The van der Waals surface area contributed by atoms with Crippen LogP contribution in [0, 0.1) is 5.82 Å². The van der Waals surface area contributed by atoms with Gasteiger partial charge in [0.15, 0.2) is 0 Å². The van der Waals surface area contributed by atoms with E-state index in [-0.39, 0.29) is 18.3 Å². The number of benzene rings is 1. The van der Waals surface area contributed by atoms with Crippen molar-refractivity contribution in [1.29, 1.82) is 0 Å². The van der Waals surface area contributed by atoms with Crippen LogP contribution in [0.3, 0.4) is 0 Å². The van der Waals surface area contributed by atoms with Crippen LogP contribution in [0.4, 0.5) is 4.39 Å². The van der Waals surface area contributed by atoms with E-state index in [4.69, 9.17) is 4.52 Å². The van der Waals surface area contributed by atoms with Gasteiger partial charge >= 0.3 is 0 Å². The summed E-state index contributed by atoms with van der Waals surface area (Å²) in [6.45, 7) is 3.18. The Labute approximate surface area is 176 Å². The quantitative estimate of drug-likeness (QED) is 0.543. The summed E-state index contributed by atoms with van der Waals surface area (Å²) in [4.78, 5) is 19.4. The normalized spacial score (nSPS) is 16.9. The fourth-order valence-corrected chi connectivity index (χ4v) is 4.19. The third-order valence-corrected chi connectivity index (χ3v) is 5.98. The van der Waals surface area contributed by atoms with Crippen molar-refractivity contribution in [2.24, 2.45) is 0 Å². The Morgan fingerprint density at radius 3 is 3.00 bits per heavy atom. The molecular formula is C21H22BrFN4O2. The summed E-state index contributed by atoms with van der Waals surface area (Å²) in [5.74, 6) is 0.440. The summed E-state index contributed by atoms with van der Waals surface area (Å²) in [6, 6.07) is 8.57. The first-order chi connectivity index (χ1) is 14.1. The van der Waals surface area contributed by atoms with Gasteiger partial charge in [-0.2, -0.15) is 4.98 Å². The lowest BCUT2D eigenvalue weighted by atomic mass is 10.00. The molecule has 1 aliphatic rings. The van der Waals surface area contributed by atoms with Gasteiger partial charge in [-0.3, -0.25) is 4.79 Å². The van der Waals surface area contributed by atoms with E-state index in [1.807, 2.05) is 27.8 Å². The zero-order valence-electron chi connectivity index (χ0n) is 16.1. The van der Waals surface area contributed by atoms with Crippen LogP contribution >= 0.6 is 15.9 Å². The van der Waals surface area contributed by atoms with Crippen molar-refractivity contribution in [3.8, 4) is 23.0 Å². The van der Waals surface area contributed by atoms with Gasteiger partial charge in [-0.25, -0.2) is 4.39 Å². The number of amides is 1. The van der Waals surface area contributed by atoms with E-state index in [2.05, 4.69) is 33.0 Å². The summed E-state index contributed by atoms with van der Waals surface area (Å²) in [5, 5.41) is 4.01. The smallest absolute Gasteiger partial charge is 0.274 e. The number of rotatable bonds is 5. The Morgan fingerprint density at radius 1 is 1.34 bits per heavy atom. The molecule has 1 aromatic carbocycles. The van der Waals surface area contributed by atoms with Crippen LogP contribution in [-0.2, 0) is 11.3 Å². The minimum absolute atomic E-state index is 0.108. The fourth-order valence-electron chi connectivity index (χ4n) is 3.82. The van der Waals surface area contributed by atoms with Crippen molar-refractivity contribution in [1.82, 2.24) is 19.6 Å². The van der Waals surface area contributed by atoms with Crippen LogP contribution in [0.2, 0.25) is 0 Å². The van der Waals surface area contributed by atoms with Crippen molar-refractivity contribution in [3.05, 3.63) is 46.8 Å². The fraction of sp³-hybridized carbons (Fsp3) is 0.381. The van der Waals surface area contributed by atoms with Crippen LogP contribution in [-0.4, -0.2) is 38.1 Å².